The predicted molar refractivity (Wildman–Crippen MR) is 84.4 cm³/mol. The van der Waals surface area contributed by atoms with Gasteiger partial charge in [0.25, 0.3) is 0 Å². The molecule has 1 fully saturated rings. The van der Waals surface area contributed by atoms with Crippen molar-refractivity contribution in [1.29, 1.82) is 0 Å². The lowest BCUT2D eigenvalue weighted by molar-refractivity contribution is -0.133. The molecule has 0 saturated heterocycles. The molecule has 2 heteroatoms. The topological polar surface area (TPSA) is 20.3 Å². The summed E-state index contributed by atoms with van der Waals surface area (Å²) in [6.07, 6.45) is 11.6. The Morgan fingerprint density at radius 1 is 1.40 bits per heavy atom. The molecule has 20 heavy (non-hydrogen) atoms. The zero-order chi connectivity index (χ0) is 14.7. The van der Waals surface area contributed by atoms with Crippen LogP contribution in [0.4, 0.5) is 0 Å². The molecule has 0 radical (unpaired) electrons. The summed E-state index contributed by atoms with van der Waals surface area (Å²) in [6.45, 7) is 9.53. The molecule has 0 aromatic heterocycles. The van der Waals surface area contributed by atoms with Crippen LogP contribution in [0.15, 0.2) is 23.8 Å². The molecule has 2 aliphatic rings. The molecule has 1 saturated carbocycles. The number of nitrogens with zero attached hydrogens (tertiary/aromatic N) is 1. The van der Waals surface area contributed by atoms with Gasteiger partial charge in [-0.15, -0.1) is 0 Å². The first kappa shape index (κ1) is 15.3. The summed E-state index contributed by atoms with van der Waals surface area (Å²) in [5.41, 5.74) is 1.52. The molecular weight excluding hydrogens is 246 g/mol. The maximum Gasteiger partial charge on any atom is 0.226 e. The normalized spacial score (nSPS) is 26.9. The summed E-state index contributed by atoms with van der Waals surface area (Å²) in [7, 11) is 0. The van der Waals surface area contributed by atoms with Crippen molar-refractivity contribution in [3.05, 3.63) is 23.8 Å². The number of allylic oxidation sites excluding steroid dienone is 3. The van der Waals surface area contributed by atoms with E-state index in [-0.39, 0.29) is 0 Å². The highest BCUT2D eigenvalue weighted by atomic mass is 16.2. The molecule has 2 rings (SSSR count). The number of hydrogen-bond acceptors (Lipinski definition) is 1. The van der Waals surface area contributed by atoms with Crippen LogP contribution in [0.1, 0.15) is 53.4 Å². The first-order valence-corrected chi connectivity index (χ1v) is 8.13. The predicted octanol–water partition coefficient (Wildman–Crippen LogP) is 4.18. The van der Waals surface area contributed by atoms with E-state index in [4.69, 9.17) is 0 Å². The van der Waals surface area contributed by atoms with Gasteiger partial charge in [-0.3, -0.25) is 4.79 Å². The maximum atomic E-state index is 12.2. The molecule has 0 spiro atoms. The van der Waals surface area contributed by atoms with Crippen LogP contribution in [-0.4, -0.2) is 23.4 Å². The standard InChI is InChI=1S/C18H29NO/c1-13(2)19(18(20)17-9-10-17)11-5-6-16-8-7-14(3)12-15(16)4/h5-6,12-13,15-17H,7-11H2,1-4H3. The molecule has 2 unspecified atom stereocenters. The second kappa shape index (κ2) is 6.60. The van der Waals surface area contributed by atoms with Crippen LogP contribution in [0.2, 0.25) is 0 Å². The van der Waals surface area contributed by atoms with Gasteiger partial charge >= 0.3 is 0 Å². The second-order valence-corrected chi connectivity index (χ2v) is 6.86. The third-order valence-electron chi connectivity index (χ3n) is 4.61. The number of amides is 1. The van der Waals surface area contributed by atoms with Gasteiger partial charge in [0.1, 0.15) is 0 Å². The van der Waals surface area contributed by atoms with Crippen molar-refractivity contribution in [2.24, 2.45) is 17.8 Å². The average molecular weight is 275 g/mol. The van der Waals surface area contributed by atoms with Crippen LogP contribution in [0.5, 0.6) is 0 Å². The SMILES string of the molecule is CC1=CC(C)C(C=CCN(C(=O)C2CC2)C(C)C)CC1. The Hall–Kier alpha value is -1.05. The molecule has 0 bridgehead atoms. The molecule has 0 aromatic carbocycles. The van der Waals surface area contributed by atoms with Crippen LogP contribution in [0, 0.1) is 17.8 Å². The van der Waals surface area contributed by atoms with E-state index in [9.17, 15) is 4.79 Å². The van der Waals surface area contributed by atoms with Crippen molar-refractivity contribution >= 4 is 5.91 Å². The first-order valence-electron chi connectivity index (χ1n) is 8.13. The average Bonchev–Trinajstić information content (AvgIpc) is 3.19. The van der Waals surface area contributed by atoms with Crippen molar-refractivity contribution in [2.45, 2.75) is 59.4 Å². The summed E-state index contributed by atoms with van der Waals surface area (Å²) in [5.74, 6) is 1.96. The molecular formula is C18H29NO. The Morgan fingerprint density at radius 2 is 2.10 bits per heavy atom. The highest BCUT2D eigenvalue weighted by Crippen LogP contribution is 2.32. The van der Waals surface area contributed by atoms with Gasteiger partial charge in [-0.1, -0.05) is 30.7 Å². The molecule has 0 aliphatic heterocycles. The Labute approximate surface area is 123 Å². The number of carbonyl (C=O) groups excluding carboxylic acids is 1. The van der Waals surface area contributed by atoms with Crippen LogP contribution in [-0.2, 0) is 4.79 Å². The van der Waals surface area contributed by atoms with Crippen molar-refractivity contribution in [3.8, 4) is 0 Å². The minimum Gasteiger partial charge on any atom is -0.336 e. The number of rotatable bonds is 5. The molecule has 2 atom stereocenters. The van der Waals surface area contributed by atoms with E-state index in [0.29, 0.717) is 29.7 Å². The van der Waals surface area contributed by atoms with E-state index in [1.54, 1.807) is 0 Å². The Morgan fingerprint density at radius 3 is 2.65 bits per heavy atom. The maximum absolute atomic E-state index is 12.2. The van der Waals surface area contributed by atoms with E-state index in [1.807, 2.05) is 4.90 Å². The van der Waals surface area contributed by atoms with E-state index in [1.165, 1.54) is 18.4 Å². The molecule has 112 valence electrons. The van der Waals surface area contributed by atoms with E-state index in [0.717, 1.165) is 19.4 Å². The summed E-state index contributed by atoms with van der Waals surface area (Å²) in [5, 5.41) is 0. The highest BCUT2D eigenvalue weighted by molar-refractivity contribution is 5.81. The monoisotopic (exact) mass is 275 g/mol. The zero-order valence-corrected chi connectivity index (χ0v) is 13.4. The van der Waals surface area contributed by atoms with Crippen LogP contribution in [0.3, 0.4) is 0 Å². The van der Waals surface area contributed by atoms with E-state index in [2.05, 4.69) is 45.9 Å². The molecule has 2 aliphatic carbocycles. The fraction of sp³-hybridized carbons (Fsp3) is 0.722. The van der Waals surface area contributed by atoms with Gasteiger partial charge in [0.2, 0.25) is 5.91 Å². The van der Waals surface area contributed by atoms with Crippen molar-refractivity contribution in [2.75, 3.05) is 6.54 Å². The Bertz CT molecular complexity index is 404. The van der Waals surface area contributed by atoms with Gasteiger partial charge < -0.3 is 4.90 Å². The van der Waals surface area contributed by atoms with E-state index < -0.39 is 0 Å². The van der Waals surface area contributed by atoms with E-state index >= 15 is 0 Å². The minimum atomic E-state index is 0.304. The summed E-state index contributed by atoms with van der Waals surface area (Å²) in [4.78, 5) is 14.2. The van der Waals surface area contributed by atoms with Gasteiger partial charge in [-0.2, -0.15) is 0 Å². The lowest BCUT2D eigenvalue weighted by atomic mass is 9.82. The zero-order valence-electron chi connectivity index (χ0n) is 13.4. The van der Waals surface area contributed by atoms with Crippen molar-refractivity contribution in [1.82, 2.24) is 4.90 Å². The van der Waals surface area contributed by atoms with Crippen LogP contribution in [0.25, 0.3) is 0 Å². The Balaban J connectivity index is 1.88. The third-order valence-corrected chi connectivity index (χ3v) is 4.61. The van der Waals surface area contributed by atoms with Crippen molar-refractivity contribution < 1.29 is 4.79 Å². The summed E-state index contributed by atoms with van der Waals surface area (Å²) < 4.78 is 0. The smallest absolute Gasteiger partial charge is 0.226 e. The highest BCUT2D eigenvalue weighted by Gasteiger charge is 2.33. The summed E-state index contributed by atoms with van der Waals surface area (Å²) in [6, 6.07) is 0.304. The fourth-order valence-corrected chi connectivity index (χ4v) is 3.05. The largest absolute Gasteiger partial charge is 0.336 e. The van der Waals surface area contributed by atoms with Gasteiger partial charge in [0, 0.05) is 18.5 Å². The number of carbonyl (C=O) groups is 1. The molecule has 0 N–H and O–H groups in total. The van der Waals surface area contributed by atoms with Crippen LogP contribution < -0.4 is 0 Å². The lowest BCUT2D eigenvalue weighted by Gasteiger charge is -2.27. The van der Waals surface area contributed by atoms with Gasteiger partial charge in [0.05, 0.1) is 0 Å². The minimum absolute atomic E-state index is 0.304. The van der Waals surface area contributed by atoms with Gasteiger partial charge in [0.15, 0.2) is 0 Å². The molecule has 0 heterocycles. The molecule has 1 amide bonds. The van der Waals surface area contributed by atoms with Gasteiger partial charge in [-0.25, -0.2) is 0 Å². The molecule has 0 aromatic rings. The van der Waals surface area contributed by atoms with Crippen LogP contribution >= 0.6 is 0 Å². The lowest BCUT2D eigenvalue weighted by Crippen LogP contribution is -2.38. The third kappa shape index (κ3) is 3.97. The number of hydrogen-bond donors (Lipinski definition) is 0. The summed E-state index contributed by atoms with van der Waals surface area (Å²) >= 11 is 0. The fourth-order valence-electron chi connectivity index (χ4n) is 3.05. The molecule has 2 nitrogen and oxygen atoms in total. The second-order valence-electron chi connectivity index (χ2n) is 6.86. The van der Waals surface area contributed by atoms with Crippen molar-refractivity contribution in [3.63, 3.8) is 0 Å². The quantitative estimate of drug-likeness (QED) is 0.689. The first-order chi connectivity index (χ1) is 9.49. The Kier molecular flexibility index (Phi) is 5.06. The van der Waals surface area contributed by atoms with Gasteiger partial charge in [-0.05, 0) is 58.3 Å².